The van der Waals surface area contributed by atoms with Gasteiger partial charge in [-0.1, -0.05) is 30.7 Å². The van der Waals surface area contributed by atoms with E-state index in [9.17, 15) is 4.79 Å². The molecule has 0 unspecified atom stereocenters. The van der Waals surface area contributed by atoms with Crippen LogP contribution in [0.15, 0.2) is 24.3 Å². The van der Waals surface area contributed by atoms with Crippen LogP contribution in [-0.4, -0.2) is 47.9 Å². The number of benzene rings is 1. The van der Waals surface area contributed by atoms with Crippen molar-refractivity contribution in [2.75, 3.05) is 26.2 Å². The van der Waals surface area contributed by atoms with Crippen molar-refractivity contribution in [3.63, 3.8) is 0 Å². The Morgan fingerprint density at radius 1 is 1.12 bits per heavy atom. The number of carbonyl (C=O) groups excluding carboxylic acids is 1. The van der Waals surface area contributed by atoms with E-state index in [1.54, 1.807) is 0 Å². The van der Waals surface area contributed by atoms with Crippen molar-refractivity contribution >= 4 is 5.91 Å². The molecule has 128 valence electrons. The lowest BCUT2D eigenvalue weighted by Gasteiger charge is -2.33. The number of nitrogens with zero attached hydrogens (tertiary/aromatic N) is 2. The van der Waals surface area contributed by atoms with Gasteiger partial charge in [0.25, 0.3) is 0 Å². The molecule has 1 saturated carbocycles. The first-order chi connectivity index (χ1) is 11.7. The summed E-state index contributed by atoms with van der Waals surface area (Å²) in [4.78, 5) is 17.9. The first kappa shape index (κ1) is 14.9. The summed E-state index contributed by atoms with van der Waals surface area (Å²) in [6.07, 6.45) is 5.18. The average molecular weight is 324 g/mol. The first-order valence-corrected chi connectivity index (χ1v) is 9.81. The van der Waals surface area contributed by atoms with E-state index in [4.69, 9.17) is 0 Å². The van der Waals surface area contributed by atoms with Crippen molar-refractivity contribution in [1.82, 2.24) is 9.80 Å². The van der Waals surface area contributed by atoms with Crippen molar-refractivity contribution in [2.45, 2.75) is 44.6 Å². The number of carbonyl (C=O) groups is 1. The highest BCUT2D eigenvalue weighted by Gasteiger charge is 2.52. The number of piperidine rings is 1. The number of rotatable bonds is 2. The summed E-state index contributed by atoms with van der Waals surface area (Å²) in [5, 5.41) is 0. The van der Waals surface area contributed by atoms with E-state index in [1.807, 2.05) is 0 Å². The Labute approximate surface area is 145 Å². The number of fused-ring (bicyclic) bond motifs is 3. The molecule has 3 heterocycles. The fourth-order valence-corrected chi connectivity index (χ4v) is 5.78. The molecular weight excluding hydrogens is 296 g/mol. The second-order valence-corrected chi connectivity index (χ2v) is 8.53. The van der Waals surface area contributed by atoms with Crippen LogP contribution in [0.3, 0.4) is 0 Å². The fourth-order valence-electron chi connectivity index (χ4n) is 5.78. The van der Waals surface area contributed by atoms with Crippen molar-refractivity contribution < 1.29 is 4.79 Å². The third-order valence-corrected chi connectivity index (χ3v) is 7.13. The Morgan fingerprint density at radius 2 is 2.00 bits per heavy atom. The van der Waals surface area contributed by atoms with Crippen molar-refractivity contribution in [3.05, 3.63) is 35.4 Å². The maximum atomic E-state index is 13.0. The molecule has 5 rings (SSSR count). The highest BCUT2D eigenvalue weighted by atomic mass is 16.2. The maximum Gasteiger partial charge on any atom is 0.226 e. The van der Waals surface area contributed by atoms with E-state index >= 15 is 0 Å². The van der Waals surface area contributed by atoms with E-state index in [-0.39, 0.29) is 5.92 Å². The van der Waals surface area contributed by atoms with Crippen LogP contribution in [0.1, 0.15) is 42.7 Å². The smallest absolute Gasteiger partial charge is 0.226 e. The minimum Gasteiger partial charge on any atom is -0.342 e. The van der Waals surface area contributed by atoms with Crippen molar-refractivity contribution in [2.24, 2.45) is 17.8 Å². The first-order valence-electron chi connectivity index (χ1n) is 9.81. The predicted octanol–water partition coefficient (Wildman–Crippen LogP) is 3.04. The standard InChI is InChI=1S/C21H28N2O/c1-14-6-2-3-7-16(14)17-10-18(17)21(24)23-12-15-11-22-9-5-4-8-20(22)19(15)13-23/h2-3,6-7,15,17-20H,4-5,8-13H2,1H3/t15-,17-,18-,19-,20-/m0/s1. The molecule has 4 fully saturated rings. The fraction of sp³-hybridized carbons (Fsp3) is 0.667. The Hall–Kier alpha value is -1.35. The van der Waals surface area contributed by atoms with Gasteiger partial charge in [0, 0.05) is 31.6 Å². The van der Waals surface area contributed by atoms with E-state index in [0.717, 1.165) is 37.4 Å². The van der Waals surface area contributed by atoms with Gasteiger partial charge in [-0.25, -0.2) is 0 Å². The Kier molecular flexibility index (Phi) is 3.48. The molecule has 4 aliphatic rings. The molecule has 1 amide bonds. The molecule has 3 saturated heterocycles. The molecule has 5 atom stereocenters. The number of hydrogen-bond acceptors (Lipinski definition) is 2. The quantitative estimate of drug-likeness (QED) is 0.835. The van der Waals surface area contributed by atoms with Gasteiger partial charge in [0.05, 0.1) is 0 Å². The predicted molar refractivity (Wildman–Crippen MR) is 94.8 cm³/mol. The largest absolute Gasteiger partial charge is 0.342 e. The van der Waals surface area contributed by atoms with Crippen molar-refractivity contribution in [1.29, 1.82) is 0 Å². The van der Waals surface area contributed by atoms with Crippen LogP contribution in [-0.2, 0) is 4.79 Å². The molecule has 3 heteroatoms. The summed E-state index contributed by atoms with van der Waals surface area (Å²) in [6.45, 7) is 6.76. The van der Waals surface area contributed by atoms with Crippen molar-refractivity contribution in [3.8, 4) is 0 Å². The van der Waals surface area contributed by atoms with Gasteiger partial charge >= 0.3 is 0 Å². The lowest BCUT2D eigenvalue weighted by molar-refractivity contribution is -0.132. The maximum absolute atomic E-state index is 13.0. The van der Waals surface area contributed by atoms with Gasteiger partial charge in [-0.3, -0.25) is 9.69 Å². The third kappa shape index (κ3) is 2.32. The van der Waals surface area contributed by atoms with Gasteiger partial charge in [0.1, 0.15) is 0 Å². The number of hydrogen-bond donors (Lipinski definition) is 0. The van der Waals surface area contributed by atoms with Gasteiger partial charge < -0.3 is 4.90 Å². The van der Waals surface area contributed by atoms with Gasteiger partial charge in [-0.15, -0.1) is 0 Å². The minimum atomic E-state index is 0.257. The summed E-state index contributed by atoms with van der Waals surface area (Å²) in [7, 11) is 0. The Morgan fingerprint density at radius 3 is 2.88 bits per heavy atom. The molecule has 1 aromatic carbocycles. The van der Waals surface area contributed by atoms with Gasteiger partial charge in [0.2, 0.25) is 5.91 Å². The number of amides is 1. The van der Waals surface area contributed by atoms with E-state index < -0.39 is 0 Å². The van der Waals surface area contributed by atoms with Crippen LogP contribution < -0.4 is 0 Å². The summed E-state index contributed by atoms with van der Waals surface area (Å²) in [5.41, 5.74) is 2.74. The van der Waals surface area contributed by atoms with Crippen LogP contribution >= 0.6 is 0 Å². The summed E-state index contributed by atoms with van der Waals surface area (Å²) in [6, 6.07) is 9.36. The molecule has 3 nitrogen and oxygen atoms in total. The monoisotopic (exact) mass is 324 g/mol. The topological polar surface area (TPSA) is 23.6 Å². The van der Waals surface area contributed by atoms with Gasteiger partial charge in [0.15, 0.2) is 0 Å². The van der Waals surface area contributed by atoms with Crippen LogP contribution in [0.2, 0.25) is 0 Å². The molecule has 0 aromatic heterocycles. The third-order valence-electron chi connectivity index (χ3n) is 7.13. The zero-order valence-corrected chi connectivity index (χ0v) is 14.7. The Bertz CT molecular complexity index is 657. The lowest BCUT2D eigenvalue weighted by atomic mass is 9.90. The second-order valence-electron chi connectivity index (χ2n) is 8.53. The minimum absolute atomic E-state index is 0.257. The summed E-state index contributed by atoms with van der Waals surface area (Å²) in [5.74, 6) is 2.68. The van der Waals surface area contributed by atoms with Crippen LogP contribution in [0.5, 0.6) is 0 Å². The summed E-state index contributed by atoms with van der Waals surface area (Å²) < 4.78 is 0. The highest BCUT2D eigenvalue weighted by molar-refractivity contribution is 5.83. The van der Waals surface area contributed by atoms with E-state index in [1.165, 1.54) is 43.5 Å². The molecule has 0 bridgehead atoms. The highest BCUT2D eigenvalue weighted by Crippen LogP contribution is 2.50. The number of likely N-dealkylation sites (tertiary alicyclic amines) is 1. The number of aryl methyl sites for hydroxylation is 1. The molecule has 0 spiro atoms. The Balaban J connectivity index is 1.25. The molecule has 0 radical (unpaired) electrons. The van der Waals surface area contributed by atoms with Crippen LogP contribution in [0.4, 0.5) is 0 Å². The SMILES string of the molecule is Cc1ccccc1[C@@H]1C[C@@H]1C(=O)N1C[C@@H]2CN3CCCC[C@H]3[C@H]2C1. The molecule has 3 aliphatic heterocycles. The van der Waals surface area contributed by atoms with E-state index in [0.29, 0.717) is 11.8 Å². The normalized spacial score (nSPS) is 38.0. The van der Waals surface area contributed by atoms with Gasteiger partial charge in [-0.05, 0) is 61.6 Å². The zero-order chi connectivity index (χ0) is 16.3. The molecule has 0 N–H and O–H groups in total. The second kappa shape index (κ2) is 5.59. The average Bonchev–Trinajstić information content (AvgIpc) is 3.15. The summed E-state index contributed by atoms with van der Waals surface area (Å²) >= 11 is 0. The van der Waals surface area contributed by atoms with Crippen LogP contribution in [0.25, 0.3) is 0 Å². The zero-order valence-electron chi connectivity index (χ0n) is 14.7. The molecule has 1 aromatic rings. The van der Waals surface area contributed by atoms with Crippen LogP contribution in [0, 0.1) is 24.7 Å². The van der Waals surface area contributed by atoms with Gasteiger partial charge in [-0.2, -0.15) is 0 Å². The van der Waals surface area contributed by atoms with E-state index in [2.05, 4.69) is 41.0 Å². The lowest BCUT2D eigenvalue weighted by Crippen LogP contribution is -2.41. The molecule has 24 heavy (non-hydrogen) atoms. The molecular formula is C21H28N2O. The molecule has 1 aliphatic carbocycles.